The molecule has 0 spiro atoms. The van der Waals surface area contributed by atoms with E-state index in [1.165, 1.54) is 11.8 Å². The van der Waals surface area contributed by atoms with Gasteiger partial charge in [-0.15, -0.1) is 10.2 Å². The standard InChI is InChI=1S/C21H21BrClN5O2S/c1-12-10-15(22)6-9-17(12)25-18(29)11-31-21-27-26-19(28(21)3)13(2)24-20(30)14-4-7-16(23)8-5-14/h4-10,13H,11H2,1-3H3,(H,24,30)(H,25,29)/t13-/m1/s1. The van der Waals surface area contributed by atoms with Gasteiger partial charge in [0.25, 0.3) is 5.91 Å². The third kappa shape index (κ3) is 6.09. The molecule has 0 aliphatic rings. The molecule has 3 rings (SSSR count). The van der Waals surface area contributed by atoms with Crippen LogP contribution in [0.15, 0.2) is 52.1 Å². The van der Waals surface area contributed by atoms with E-state index in [-0.39, 0.29) is 23.6 Å². The van der Waals surface area contributed by atoms with Crippen LogP contribution in [0.4, 0.5) is 5.69 Å². The van der Waals surface area contributed by atoms with Crippen LogP contribution < -0.4 is 10.6 Å². The number of rotatable bonds is 7. The summed E-state index contributed by atoms with van der Waals surface area (Å²) in [5.74, 6) is 0.413. The highest BCUT2D eigenvalue weighted by molar-refractivity contribution is 9.10. The second-order valence-corrected chi connectivity index (χ2v) is 9.19. The molecular formula is C21H21BrClN5O2S. The Morgan fingerprint density at radius 3 is 2.58 bits per heavy atom. The van der Waals surface area contributed by atoms with Crippen LogP contribution in [-0.4, -0.2) is 32.3 Å². The largest absolute Gasteiger partial charge is 0.342 e. The number of carbonyl (C=O) groups is 2. The van der Waals surface area contributed by atoms with Gasteiger partial charge < -0.3 is 15.2 Å². The number of benzene rings is 2. The summed E-state index contributed by atoms with van der Waals surface area (Å²) in [6, 6.07) is 12.0. The van der Waals surface area contributed by atoms with Crippen molar-refractivity contribution in [3.05, 3.63) is 68.9 Å². The van der Waals surface area contributed by atoms with Crippen molar-refractivity contribution >= 4 is 56.8 Å². The average Bonchev–Trinajstić information content (AvgIpc) is 3.09. The van der Waals surface area contributed by atoms with Gasteiger partial charge in [0.1, 0.15) is 0 Å². The maximum Gasteiger partial charge on any atom is 0.251 e. The normalized spacial score (nSPS) is 11.8. The molecule has 0 saturated heterocycles. The van der Waals surface area contributed by atoms with Crippen molar-refractivity contribution in [2.24, 2.45) is 7.05 Å². The highest BCUT2D eigenvalue weighted by atomic mass is 79.9. The summed E-state index contributed by atoms with van der Waals surface area (Å²) < 4.78 is 2.73. The number of hydrogen-bond acceptors (Lipinski definition) is 5. The fourth-order valence-corrected chi connectivity index (χ4v) is 4.18. The minimum atomic E-state index is -0.366. The first-order valence-electron chi connectivity index (χ1n) is 9.39. The smallest absolute Gasteiger partial charge is 0.251 e. The van der Waals surface area contributed by atoms with Crippen molar-refractivity contribution < 1.29 is 9.59 Å². The third-order valence-corrected chi connectivity index (χ3v) is 6.27. The van der Waals surface area contributed by atoms with Crippen LogP contribution >= 0.6 is 39.3 Å². The summed E-state index contributed by atoms with van der Waals surface area (Å²) in [5.41, 5.74) is 2.25. The summed E-state index contributed by atoms with van der Waals surface area (Å²) in [4.78, 5) is 24.8. The zero-order chi connectivity index (χ0) is 22.5. The van der Waals surface area contributed by atoms with E-state index in [0.29, 0.717) is 21.6 Å². The highest BCUT2D eigenvalue weighted by Crippen LogP contribution is 2.22. The quantitative estimate of drug-likeness (QED) is 0.437. The lowest BCUT2D eigenvalue weighted by Crippen LogP contribution is -2.28. The van der Waals surface area contributed by atoms with E-state index >= 15 is 0 Å². The van der Waals surface area contributed by atoms with Crippen molar-refractivity contribution in [2.75, 3.05) is 11.1 Å². The predicted molar refractivity (Wildman–Crippen MR) is 127 cm³/mol. The lowest BCUT2D eigenvalue weighted by Gasteiger charge is -2.13. The molecule has 0 unspecified atom stereocenters. The molecule has 2 aromatic carbocycles. The Bertz CT molecular complexity index is 1100. The van der Waals surface area contributed by atoms with E-state index in [1.807, 2.05) is 32.0 Å². The Morgan fingerprint density at radius 2 is 1.90 bits per heavy atom. The zero-order valence-electron chi connectivity index (χ0n) is 17.1. The van der Waals surface area contributed by atoms with Gasteiger partial charge in [-0.2, -0.15) is 0 Å². The zero-order valence-corrected chi connectivity index (χ0v) is 20.3. The van der Waals surface area contributed by atoms with E-state index in [9.17, 15) is 9.59 Å². The maximum absolute atomic E-state index is 12.4. The van der Waals surface area contributed by atoms with Crippen LogP contribution in [0, 0.1) is 6.92 Å². The number of aromatic nitrogens is 3. The van der Waals surface area contributed by atoms with E-state index in [1.54, 1.807) is 35.9 Å². The Kier molecular flexibility index (Phi) is 7.74. The number of nitrogens with one attached hydrogen (secondary N) is 2. The molecule has 0 saturated carbocycles. The number of nitrogens with zero attached hydrogens (tertiary/aromatic N) is 3. The fourth-order valence-electron chi connectivity index (χ4n) is 2.86. The molecule has 3 aromatic rings. The second kappa shape index (κ2) is 10.3. The van der Waals surface area contributed by atoms with Crippen molar-refractivity contribution in [2.45, 2.75) is 25.0 Å². The van der Waals surface area contributed by atoms with E-state index < -0.39 is 0 Å². The number of halogens is 2. The maximum atomic E-state index is 12.4. The molecule has 162 valence electrons. The molecule has 10 heteroatoms. The fraction of sp³-hybridized carbons (Fsp3) is 0.238. The van der Waals surface area contributed by atoms with Gasteiger partial charge in [0.2, 0.25) is 5.91 Å². The van der Waals surface area contributed by atoms with E-state index in [4.69, 9.17) is 11.6 Å². The molecule has 0 aliphatic carbocycles. The molecule has 1 atom stereocenters. The van der Waals surface area contributed by atoms with Crippen molar-refractivity contribution in [3.63, 3.8) is 0 Å². The molecule has 2 amide bonds. The number of thioether (sulfide) groups is 1. The molecular weight excluding hydrogens is 502 g/mol. The first-order chi connectivity index (χ1) is 14.7. The molecule has 7 nitrogen and oxygen atoms in total. The molecule has 1 aromatic heterocycles. The molecule has 0 aliphatic heterocycles. The number of amides is 2. The van der Waals surface area contributed by atoms with Crippen molar-refractivity contribution in [1.29, 1.82) is 0 Å². The number of aryl methyl sites for hydroxylation is 1. The van der Waals surface area contributed by atoms with Gasteiger partial charge in [0.05, 0.1) is 11.8 Å². The minimum Gasteiger partial charge on any atom is -0.342 e. The van der Waals surface area contributed by atoms with Gasteiger partial charge in [-0.05, 0) is 61.9 Å². The molecule has 0 radical (unpaired) electrons. The van der Waals surface area contributed by atoms with Crippen LogP contribution in [0.25, 0.3) is 0 Å². The summed E-state index contributed by atoms with van der Waals surface area (Å²) in [6.45, 7) is 3.76. The lowest BCUT2D eigenvalue weighted by molar-refractivity contribution is -0.113. The Balaban J connectivity index is 1.58. The average molecular weight is 523 g/mol. The van der Waals surface area contributed by atoms with Crippen LogP contribution in [-0.2, 0) is 11.8 Å². The molecule has 2 N–H and O–H groups in total. The number of carbonyl (C=O) groups excluding carboxylic acids is 2. The second-order valence-electron chi connectivity index (χ2n) is 6.90. The Morgan fingerprint density at radius 1 is 1.19 bits per heavy atom. The number of hydrogen-bond donors (Lipinski definition) is 2. The molecule has 1 heterocycles. The topological polar surface area (TPSA) is 88.9 Å². The Hall–Kier alpha value is -2.36. The van der Waals surface area contributed by atoms with Crippen LogP contribution in [0.3, 0.4) is 0 Å². The van der Waals surface area contributed by atoms with E-state index in [2.05, 4.69) is 36.8 Å². The predicted octanol–water partition coefficient (Wildman–Crippen LogP) is 4.76. The SMILES string of the molecule is Cc1cc(Br)ccc1NC(=O)CSc1nnc([C@@H](C)NC(=O)c2ccc(Cl)cc2)n1C. The number of anilines is 1. The van der Waals surface area contributed by atoms with Gasteiger partial charge >= 0.3 is 0 Å². The minimum absolute atomic E-state index is 0.135. The van der Waals surface area contributed by atoms with Gasteiger partial charge in [-0.25, -0.2) is 0 Å². The van der Waals surface area contributed by atoms with Crippen molar-refractivity contribution in [3.8, 4) is 0 Å². The van der Waals surface area contributed by atoms with Gasteiger partial charge in [-0.1, -0.05) is 39.3 Å². The first kappa shape index (κ1) is 23.3. The Labute approximate surface area is 198 Å². The van der Waals surface area contributed by atoms with Gasteiger partial charge in [0, 0.05) is 27.8 Å². The summed E-state index contributed by atoms with van der Waals surface area (Å²) in [6.07, 6.45) is 0. The van der Waals surface area contributed by atoms with Crippen LogP contribution in [0.5, 0.6) is 0 Å². The molecule has 0 fully saturated rings. The monoisotopic (exact) mass is 521 g/mol. The highest BCUT2D eigenvalue weighted by Gasteiger charge is 2.19. The molecule has 0 bridgehead atoms. The van der Waals surface area contributed by atoms with Gasteiger partial charge in [-0.3, -0.25) is 9.59 Å². The summed E-state index contributed by atoms with van der Waals surface area (Å²) in [5, 5.41) is 15.3. The third-order valence-electron chi connectivity index (χ3n) is 4.50. The summed E-state index contributed by atoms with van der Waals surface area (Å²) >= 11 is 10.6. The first-order valence-corrected chi connectivity index (χ1v) is 11.5. The van der Waals surface area contributed by atoms with Gasteiger partial charge in [0.15, 0.2) is 11.0 Å². The van der Waals surface area contributed by atoms with Crippen molar-refractivity contribution in [1.82, 2.24) is 20.1 Å². The van der Waals surface area contributed by atoms with E-state index in [0.717, 1.165) is 15.7 Å². The summed E-state index contributed by atoms with van der Waals surface area (Å²) in [7, 11) is 1.80. The molecule has 31 heavy (non-hydrogen) atoms. The van der Waals surface area contributed by atoms with Crippen LogP contribution in [0.2, 0.25) is 5.02 Å². The van der Waals surface area contributed by atoms with Crippen LogP contribution in [0.1, 0.15) is 34.7 Å². The lowest BCUT2D eigenvalue weighted by atomic mass is 10.2.